The molecule has 0 spiro atoms. The highest BCUT2D eigenvalue weighted by Gasteiger charge is 2.32. The van der Waals surface area contributed by atoms with Crippen LogP contribution in [0.3, 0.4) is 0 Å². The van der Waals surface area contributed by atoms with Gasteiger partial charge >= 0.3 is 0 Å². The zero-order valence-corrected chi connectivity index (χ0v) is 9.71. The average molecular weight is 257 g/mol. The lowest BCUT2D eigenvalue weighted by Gasteiger charge is -2.22. The first kappa shape index (κ1) is 10.1. The smallest absolute Gasteiger partial charge is 0.192 e. The van der Waals surface area contributed by atoms with Crippen LogP contribution in [0, 0.1) is 0 Å². The van der Waals surface area contributed by atoms with Crippen LogP contribution in [0.5, 0.6) is 0 Å². The predicted molar refractivity (Wildman–Crippen MR) is 58.3 cm³/mol. The minimum Gasteiger partial charge on any atom is -0.344 e. The zero-order chi connectivity index (χ0) is 10.0. The van der Waals surface area contributed by atoms with E-state index >= 15 is 0 Å². The first-order chi connectivity index (χ1) is 6.74. The van der Waals surface area contributed by atoms with Gasteiger partial charge in [0.05, 0.1) is 13.2 Å². The molecule has 76 valence electrons. The van der Waals surface area contributed by atoms with Crippen LogP contribution < -0.4 is 0 Å². The normalized spacial score (nSPS) is 19.9. The molecule has 3 heteroatoms. The van der Waals surface area contributed by atoms with E-state index in [1.165, 1.54) is 5.56 Å². The van der Waals surface area contributed by atoms with E-state index in [9.17, 15) is 0 Å². The molecule has 1 aliphatic heterocycles. The largest absolute Gasteiger partial charge is 0.344 e. The second-order valence-corrected chi connectivity index (χ2v) is 4.03. The van der Waals surface area contributed by atoms with Gasteiger partial charge in [-0.05, 0) is 12.5 Å². The minimum atomic E-state index is -0.537. The maximum absolute atomic E-state index is 5.57. The van der Waals surface area contributed by atoms with Gasteiger partial charge in [-0.3, -0.25) is 0 Å². The summed E-state index contributed by atoms with van der Waals surface area (Å²) in [6.07, 6.45) is 0. The number of benzene rings is 1. The van der Waals surface area contributed by atoms with Crippen molar-refractivity contribution in [3.05, 3.63) is 35.4 Å². The van der Waals surface area contributed by atoms with Gasteiger partial charge in [-0.15, -0.1) is 0 Å². The molecule has 0 amide bonds. The molecule has 0 aromatic heterocycles. The van der Waals surface area contributed by atoms with Gasteiger partial charge in [0, 0.05) is 10.9 Å². The maximum Gasteiger partial charge on any atom is 0.192 e. The van der Waals surface area contributed by atoms with E-state index < -0.39 is 5.79 Å². The molecule has 1 saturated heterocycles. The third kappa shape index (κ3) is 1.85. The number of hydrogen-bond acceptors (Lipinski definition) is 2. The van der Waals surface area contributed by atoms with E-state index in [0.717, 1.165) is 10.9 Å². The summed E-state index contributed by atoms with van der Waals surface area (Å²) in [4.78, 5) is 0. The number of rotatable bonds is 2. The lowest BCUT2D eigenvalue weighted by molar-refractivity contribution is -0.149. The van der Waals surface area contributed by atoms with Crippen molar-refractivity contribution in [1.82, 2.24) is 0 Å². The second kappa shape index (κ2) is 4.01. The molecule has 1 heterocycles. The standard InChI is InChI=1S/C11H13BrO2/c1-11(13-6-7-14-11)10-4-2-9(8-12)3-5-10/h2-5H,6-8H2,1H3. The molecule has 0 aliphatic carbocycles. The van der Waals surface area contributed by atoms with Crippen LogP contribution in [0.2, 0.25) is 0 Å². The van der Waals surface area contributed by atoms with Crippen molar-refractivity contribution in [3.8, 4) is 0 Å². The Labute approximate surface area is 92.3 Å². The van der Waals surface area contributed by atoms with Crippen molar-refractivity contribution in [3.63, 3.8) is 0 Å². The third-order valence-electron chi connectivity index (χ3n) is 2.47. The Balaban J connectivity index is 2.23. The van der Waals surface area contributed by atoms with Crippen molar-refractivity contribution in [2.24, 2.45) is 0 Å². The van der Waals surface area contributed by atoms with Gasteiger partial charge in [0.15, 0.2) is 5.79 Å². The summed E-state index contributed by atoms with van der Waals surface area (Å²) in [5, 5.41) is 0.881. The molecule has 14 heavy (non-hydrogen) atoms. The molecule has 0 saturated carbocycles. The van der Waals surface area contributed by atoms with Gasteiger partial charge < -0.3 is 9.47 Å². The summed E-state index contributed by atoms with van der Waals surface area (Å²) >= 11 is 3.42. The maximum atomic E-state index is 5.57. The summed E-state index contributed by atoms with van der Waals surface area (Å²) in [5.41, 5.74) is 2.34. The Hall–Kier alpha value is -0.380. The van der Waals surface area contributed by atoms with Crippen LogP contribution in [-0.2, 0) is 20.6 Å². The summed E-state index contributed by atoms with van der Waals surface area (Å²) in [6.45, 7) is 3.32. The molecular weight excluding hydrogens is 244 g/mol. The molecule has 1 fully saturated rings. The highest BCUT2D eigenvalue weighted by Crippen LogP contribution is 2.30. The van der Waals surface area contributed by atoms with E-state index in [-0.39, 0.29) is 0 Å². The van der Waals surface area contributed by atoms with Crippen LogP contribution >= 0.6 is 15.9 Å². The monoisotopic (exact) mass is 256 g/mol. The summed E-state index contributed by atoms with van der Waals surface area (Å²) < 4.78 is 11.1. The molecular formula is C11H13BrO2. The minimum absolute atomic E-state index is 0.537. The van der Waals surface area contributed by atoms with E-state index in [1.807, 2.05) is 6.92 Å². The van der Waals surface area contributed by atoms with Crippen LogP contribution in [0.15, 0.2) is 24.3 Å². The van der Waals surface area contributed by atoms with Crippen molar-refractivity contribution < 1.29 is 9.47 Å². The molecule has 0 bridgehead atoms. The molecule has 1 aromatic carbocycles. The fourth-order valence-electron chi connectivity index (χ4n) is 1.58. The molecule has 1 aliphatic rings. The fraction of sp³-hybridized carbons (Fsp3) is 0.455. The molecule has 2 nitrogen and oxygen atoms in total. The first-order valence-electron chi connectivity index (χ1n) is 4.68. The molecule has 0 unspecified atom stereocenters. The quantitative estimate of drug-likeness (QED) is 0.758. The Morgan fingerprint density at radius 1 is 1.21 bits per heavy atom. The highest BCUT2D eigenvalue weighted by molar-refractivity contribution is 9.08. The van der Waals surface area contributed by atoms with Gasteiger partial charge in [-0.25, -0.2) is 0 Å². The second-order valence-electron chi connectivity index (χ2n) is 3.47. The topological polar surface area (TPSA) is 18.5 Å². The van der Waals surface area contributed by atoms with Crippen LogP contribution in [0.4, 0.5) is 0 Å². The lowest BCUT2D eigenvalue weighted by atomic mass is 10.1. The van der Waals surface area contributed by atoms with E-state index in [0.29, 0.717) is 13.2 Å². The zero-order valence-electron chi connectivity index (χ0n) is 8.13. The number of hydrogen-bond donors (Lipinski definition) is 0. The molecule has 2 rings (SSSR count). The highest BCUT2D eigenvalue weighted by atomic mass is 79.9. The Morgan fingerprint density at radius 3 is 2.29 bits per heavy atom. The van der Waals surface area contributed by atoms with Crippen molar-refractivity contribution in [2.45, 2.75) is 18.0 Å². The van der Waals surface area contributed by atoms with Gasteiger partial charge in [0.2, 0.25) is 0 Å². The Kier molecular flexibility index (Phi) is 2.91. The molecule has 0 radical (unpaired) electrons. The molecule has 0 atom stereocenters. The third-order valence-corrected chi connectivity index (χ3v) is 3.12. The van der Waals surface area contributed by atoms with Gasteiger partial charge in [-0.2, -0.15) is 0 Å². The SMILES string of the molecule is CC1(c2ccc(CBr)cc2)OCCO1. The van der Waals surface area contributed by atoms with Crippen LogP contribution in [0.25, 0.3) is 0 Å². The number of ether oxygens (including phenoxy) is 2. The van der Waals surface area contributed by atoms with Crippen molar-refractivity contribution in [1.29, 1.82) is 0 Å². The number of halogens is 1. The fourth-order valence-corrected chi connectivity index (χ4v) is 1.95. The first-order valence-corrected chi connectivity index (χ1v) is 5.80. The Bertz CT molecular complexity index is 302. The summed E-state index contributed by atoms with van der Waals surface area (Å²) in [5.74, 6) is -0.537. The summed E-state index contributed by atoms with van der Waals surface area (Å²) in [6, 6.07) is 8.28. The van der Waals surface area contributed by atoms with E-state index in [1.54, 1.807) is 0 Å². The van der Waals surface area contributed by atoms with Gasteiger partial charge in [0.25, 0.3) is 0 Å². The van der Waals surface area contributed by atoms with Crippen LogP contribution in [-0.4, -0.2) is 13.2 Å². The summed E-state index contributed by atoms with van der Waals surface area (Å²) in [7, 11) is 0. The number of alkyl halides is 1. The van der Waals surface area contributed by atoms with Crippen molar-refractivity contribution >= 4 is 15.9 Å². The van der Waals surface area contributed by atoms with E-state index in [4.69, 9.17) is 9.47 Å². The molecule has 0 N–H and O–H groups in total. The van der Waals surface area contributed by atoms with Crippen molar-refractivity contribution in [2.75, 3.05) is 13.2 Å². The van der Waals surface area contributed by atoms with E-state index in [2.05, 4.69) is 40.2 Å². The van der Waals surface area contributed by atoms with Gasteiger partial charge in [0.1, 0.15) is 0 Å². The average Bonchev–Trinajstić information content (AvgIpc) is 2.67. The predicted octanol–water partition coefficient (Wildman–Crippen LogP) is 2.80. The molecule has 1 aromatic rings. The van der Waals surface area contributed by atoms with Crippen LogP contribution in [0.1, 0.15) is 18.1 Å². The van der Waals surface area contributed by atoms with Gasteiger partial charge in [-0.1, -0.05) is 40.2 Å². The Morgan fingerprint density at radius 2 is 1.79 bits per heavy atom. The lowest BCUT2D eigenvalue weighted by Crippen LogP contribution is -2.22.